The fraction of sp³-hybridized carbons (Fsp3) is 0.231. The molecule has 0 unspecified atom stereocenters. The van der Waals surface area contributed by atoms with Gasteiger partial charge in [0.05, 0.1) is 17.8 Å². The van der Waals surface area contributed by atoms with Crippen LogP contribution in [0.4, 0.5) is 11.5 Å². The number of nitrogen functional groups attached to an aromatic ring is 1. The maximum absolute atomic E-state index is 11.8. The van der Waals surface area contributed by atoms with Crippen LogP contribution in [0, 0.1) is 0 Å². The van der Waals surface area contributed by atoms with Gasteiger partial charge in [-0.25, -0.2) is 0 Å². The van der Waals surface area contributed by atoms with Crippen molar-refractivity contribution in [3.05, 3.63) is 29.8 Å². The zero-order chi connectivity index (χ0) is 12.9. The number of nitrogens with zero attached hydrogens (tertiary/aromatic N) is 3. The van der Waals surface area contributed by atoms with Crippen molar-refractivity contribution in [3.63, 3.8) is 0 Å². The van der Waals surface area contributed by atoms with E-state index in [9.17, 15) is 4.79 Å². The number of likely N-dealkylation sites (N-methyl/N-ethyl adjacent to an activating group) is 1. The molecule has 2 aromatic rings. The molecule has 1 aromatic heterocycles. The molecule has 5 nitrogen and oxygen atoms in total. The van der Waals surface area contributed by atoms with Gasteiger partial charge in [0.15, 0.2) is 0 Å². The van der Waals surface area contributed by atoms with E-state index < -0.39 is 0 Å². The summed E-state index contributed by atoms with van der Waals surface area (Å²) >= 11 is 0. The third kappa shape index (κ3) is 1.40. The number of rotatable bonds is 1. The molecule has 1 aliphatic rings. The third-order valence-electron chi connectivity index (χ3n) is 3.36. The standard InChI is InChI=1S/C13H14N4O/c1-16-12(18)6-8-4-3-5-9(13(8)16)10-7-11(14)17(2)15-10/h3-5,7H,6,14H2,1-2H3. The molecule has 2 N–H and O–H groups in total. The molecule has 3 rings (SSSR count). The van der Waals surface area contributed by atoms with Crippen LogP contribution in [0.3, 0.4) is 0 Å². The Morgan fingerprint density at radius 2 is 2.11 bits per heavy atom. The summed E-state index contributed by atoms with van der Waals surface area (Å²) in [6, 6.07) is 7.72. The van der Waals surface area contributed by atoms with Crippen LogP contribution in [-0.4, -0.2) is 22.7 Å². The highest BCUT2D eigenvalue weighted by Gasteiger charge is 2.27. The molecule has 1 aliphatic heterocycles. The Hall–Kier alpha value is -2.30. The Kier molecular flexibility index (Phi) is 2.16. The smallest absolute Gasteiger partial charge is 0.231 e. The normalized spacial score (nSPS) is 14.1. The van der Waals surface area contributed by atoms with E-state index in [2.05, 4.69) is 5.10 Å². The first-order valence-electron chi connectivity index (χ1n) is 5.76. The molecule has 2 heterocycles. The lowest BCUT2D eigenvalue weighted by molar-refractivity contribution is -0.117. The van der Waals surface area contributed by atoms with Crippen molar-refractivity contribution in [2.45, 2.75) is 6.42 Å². The van der Waals surface area contributed by atoms with Gasteiger partial charge in [-0.05, 0) is 5.56 Å². The van der Waals surface area contributed by atoms with Crippen LogP contribution in [-0.2, 0) is 18.3 Å². The van der Waals surface area contributed by atoms with Crippen LogP contribution in [0.5, 0.6) is 0 Å². The van der Waals surface area contributed by atoms with E-state index in [4.69, 9.17) is 5.73 Å². The second-order valence-corrected chi connectivity index (χ2v) is 4.52. The molecular weight excluding hydrogens is 228 g/mol. The van der Waals surface area contributed by atoms with E-state index in [-0.39, 0.29) is 5.91 Å². The van der Waals surface area contributed by atoms with Gasteiger partial charge in [-0.1, -0.05) is 18.2 Å². The van der Waals surface area contributed by atoms with Crippen LogP contribution >= 0.6 is 0 Å². The number of para-hydroxylation sites is 1. The van der Waals surface area contributed by atoms with Crippen molar-refractivity contribution in [2.75, 3.05) is 17.7 Å². The predicted octanol–water partition coefficient (Wildman–Crippen LogP) is 1.19. The number of carbonyl (C=O) groups excluding carboxylic acids is 1. The summed E-state index contributed by atoms with van der Waals surface area (Å²) in [6.45, 7) is 0. The third-order valence-corrected chi connectivity index (χ3v) is 3.36. The van der Waals surface area contributed by atoms with Crippen molar-refractivity contribution in [3.8, 4) is 11.3 Å². The average molecular weight is 242 g/mol. The Balaban J connectivity index is 2.20. The van der Waals surface area contributed by atoms with Gasteiger partial charge < -0.3 is 10.6 Å². The van der Waals surface area contributed by atoms with Crippen LogP contribution in [0.1, 0.15) is 5.56 Å². The Bertz CT molecular complexity index is 625. The summed E-state index contributed by atoms with van der Waals surface area (Å²) in [4.78, 5) is 13.5. The number of hydrogen-bond acceptors (Lipinski definition) is 3. The molecule has 0 atom stereocenters. The maximum atomic E-state index is 11.8. The lowest BCUT2D eigenvalue weighted by Crippen LogP contribution is -2.21. The maximum Gasteiger partial charge on any atom is 0.231 e. The van der Waals surface area contributed by atoms with E-state index in [1.54, 1.807) is 23.7 Å². The number of benzene rings is 1. The molecule has 0 saturated heterocycles. The molecule has 5 heteroatoms. The highest BCUT2D eigenvalue weighted by Crippen LogP contribution is 2.37. The fourth-order valence-electron chi connectivity index (χ4n) is 2.36. The molecule has 18 heavy (non-hydrogen) atoms. The SMILES string of the molecule is CN1C(=O)Cc2cccc(-c3cc(N)n(C)n3)c21. The number of fused-ring (bicyclic) bond motifs is 1. The molecule has 0 radical (unpaired) electrons. The molecule has 0 bridgehead atoms. The highest BCUT2D eigenvalue weighted by molar-refractivity contribution is 6.05. The summed E-state index contributed by atoms with van der Waals surface area (Å²) in [7, 11) is 3.60. The van der Waals surface area contributed by atoms with Crippen molar-refractivity contribution >= 4 is 17.4 Å². The van der Waals surface area contributed by atoms with Crippen LogP contribution in [0.25, 0.3) is 11.3 Å². The molecule has 0 fully saturated rings. The minimum atomic E-state index is 0.112. The number of carbonyl (C=O) groups is 1. The summed E-state index contributed by atoms with van der Waals surface area (Å²) in [5.41, 5.74) is 9.55. The summed E-state index contributed by atoms with van der Waals surface area (Å²) in [6.07, 6.45) is 0.460. The van der Waals surface area contributed by atoms with Gasteiger partial charge in [-0.2, -0.15) is 5.10 Å². The Morgan fingerprint density at radius 3 is 2.78 bits per heavy atom. The van der Waals surface area contributed by atoms with Crippen molar-refractivity contribution in [1.29, 1.82) is 0 Å². The van der Waals surface area contributed by atoms with Crippen molar-refractivity contribution in [1.82, 2.24) is 9.78 Å². The largest absolute Gasteiger partial charge is 0.384 e. The van der Waals surface area contributed by atoms with Gasteiger partial charge in [0.25, 0.3) is 0 Å². The zero-order valence-electron chi connectivity index (χ0n) is 10.3. The predicted molar refractivity (Wildman–Crippen MR) is 70.2 cm³/mol. The van der Waals surface area contributed by atoms with Crippen LogP contribution in [0.15, 0.2) is 24.3 Å². The molecule has 1 amide bonds. The van der Waals surface area contributed by atoms with Gasteiger partial charge >= 0.3 is 0 Å². The first kappa shape index (κ1) is 10.8. The second kappa shape index (κ2) is 3.60. The molecule has 0 spiro atoms. The minimum absolute atomic E-state index is 0.112. The van der Waals surface area contributed by atoms with Crippen LogP contribution in [0.2, 0.25) is 0 Å². The number of anilines is 2. The minimum Gasteiger partial charge on any atom is -0.384 e. The highest BCUT2D eigenvalue weighted by atomic mass is 16.2. The molecule has 0 aliphatic carbocycles. The van der Waals surface area contributed by atoms with E-state index in [0.29, 0.717) is 12.2 Å². The molecule has 92 valence electrons. The lowest BCUT2D eigenvalue weighted by atomic mass is 10.0. The van der Waals surface area contributed by atoms with Crippen molar-refractivity contribution in [2.24, 2.45) is 7.05 Å². The quantitative estimate of drug-likeness (QED) is 0.817. The number of nitrogens with two attached hydrogens (primary N) is 1. The lowest BCUT2D eigenvalue weighted by Gasteiger charge is -2.13. The molecule has 0 saturated carbocycles. The average Bonchev–Trinajstić information content (AvgIpc) is 2.82. The number of hydrogen-bond donors (Lipinski definition) is 1. The Morgan fingerprint density at radius 1 is 1.33 bits per heavy atom. The summed E-state index contributed by atoms with van der Waals surface area (Å²) in [5.74, 6) is 0.718. The first-order valence-corrected chi connectivity index (χ1v) is 5.76. The fourth-order valence-corrected chi connectivity index (χ4v) is 2.36. The van der Waals surface area contributed by atoms with Gasteiger partial charge in [0.2, 0.25) is 5.91 Å². The van der Waals surface area contributed by atoms with Gasteiger partial charge in [0.1, 0.15) is 5.82 Å². The van der Waals surface area contributed by atoms with E-state index >= 15 is 0 Å². The van der Waals surface area contributed by atoms with E-state index in [1.807, 2.05) is 24.3 Å². The first-order chi connectivity index (χ1) is 8.58. The van der Waals surface area contributed by atoms with E-state index in [1.165, 1.54) is 0 Å². The summed E-state index contributed by atoms with van der Waals surface area (Å²) < 4.78 is 1.63. The molecular formula is C13H14N4O. The van der Waals surface area contributed by atoms with Crippen LogP contribution < -0.4 is 10.6 Å². The molecule has 1 aromatic carbocycles. The Labute approximate surface area is 105 Å². The van der Waals surface area contributed by atoms with Gasteiger partial charge in [-0.15, -0.1) is 0 Å². The number of amides is 1. The van der Waals surface area contributed by atoms with Crippen molar-refractivity contribution < 1.29 is 4.79 Å². The topological polar surface area (TPSA) is 64.2 Å². The monoisotopic (exact) mass is 242 g/mol. The van der Waals surface area contributed by atoms with E-state index in [0.717, 1.165) is 22.5 Å². The number of aryl methyl sites for hydroxylation is 1. The van der Waals surface area contributed by atoms with Gasteiger partial charge in [-0.3, -0.25) is 9.48 Å². The van der Waals surface area contributed by atoms with Gasteiger partial charge in [0, 0.05) is 25.7 Å². The second-order valence-electron chi connectivity index (χ2n) is 4.52. The zero-order valence-corrected chi connectivity index (χ0v) is 10.3. The number of aromatic nitrogens is 2. The summed E-state index contributed by atoms with van der Waals surface area (Å²) in [5, 5.41) is 4.37.